The Kier molecular flexibility index (Phi) is 9.70. The predicted octanol–water partition coefficient (Wildman–Crippen LogP) is 5.13. The number of hydrogen-bond acceptors (Lipinski definition) is 4. The SMILES string of the molecule is C[C@H]1CCCC1c1cccc(C#N)c1.O=C(NCCN1CCC(O)C1)Nc1ccc(F)c(Cl)c1. The summed E-state index contributed by atoms with van der Waals surface area (Å²) in [6.45, 7) is 4.98. The number of nitrogens with zero attached hydrogens (tertiary/aromatic N) is 2. The van der Waals surface area contributed by atoms with Gasteiger partial charge in [-0.3, -0.25) is 4.90 Å². The van der Waals surface area contributed by atoms with Crippen molar-refractivity contribution >= 4 is 23.3 Å². The average Bonchev–Trinajstić information content (AvgIpc) is 3.44. The number of urea groups is 1. The summed E-state index contributed by atoms with van der Waals surface area (Å²) in [6, 6.07) is 13.9. The van der Waals surface area contributed by atoms with Crippen LogP contribution in [0.25, 0.3) is 0 Å². The number of rotatable bonds is 5. The van der Waals surface area contributed by atoms with Crippen LogP contribution in [-0.4, -0.2) is 48.3 Å². The van der Waals surface area contributed by atoms with Gasteiger partial charge < -0.3 is 15.7 Å². The van der Waals surface area contributed by atoms with E-state index in [0.29, 0.717) is 31.2 Å². The number of anilines is 1. The maximum atomic E-state index is 13.0. The molecule has 182 valence electrons. The Labute approximate surface area is 205 Å². The van der Waals surface area contributed by atoms with Crippen LogP contribution in [0.4, 0.5) is 14.9 Å². The van der Waals surface area contributed by atoms with Crippen molar-refractivity contribution < 1.29 is 14.3 Å². The van der Waals surface area contributed by atoms with E-state index in [1.807, 2.05) is 18.2 Å². The van der Waals surface area contributed by atoms with Crippen molar-refractivity contribution in [2.75, 3.05) is 31.5 Å². The summed E-state index contributed by atoms with van der Waals surface area (Å²) >= 11 is 5.62. The first-order valence-corrected chi connectivity index (χ1v) is 12.1. The van der Waals surface area contributed by atoms with Gasteiger partial charge in [0.25, 0.3) is 0 Å². The molecule has 3 N–H and O–H groups in total. The zero-order chi connectivity index (χ0) is 24.5. The quantitative estimate of drug-likeness (QED) is 0.546. The van der Waals surface area contributed by atoms with Crippen molar-refractivity contribution in [3.8, 4) is 6.07 Å². The van der Waals surface area contributed by atoms with Crippen LogP contribution in [0.1, 0.15) is 49.7 Å². The van der Waals surface area contributed by atoms with Crippen LogP contribution < -0.4 is 10.6 Å². The molecule has 2 amide bonds. The largest absolute Gasteiger partial charge is 0.392 e. The van der Waals surface area contributed by atoms with Gasteiger partial charge in [-0.05, 0) is 60.6 Å². The van der Waals surface area contributed by atoms with E-state index in [1.165, 1.54) is 43.0 Å². The minimum atomic E-state index is -0.523. The molecule has 3 atom stereocenters. The third-order valence-corrected chi connectivity index (χ3v) is 6.73. The molecule has 34 heavy (non-hydrogen) atoms. The summed E-state index contributed by atoms with van der Waals surface area (Å²) in [5, 5.41) is 23.4. The van der Waals surface area contributed by atoms with Gasteiger partial charge in [-0.2, -0.15) is 5.26 Å². The third kappa shape index (κ3) is 7.69. The van der Waals surface area contributed by atoms with Crippen molar-refractivity contribution in [3.63, 3.8) is 0 Å². The lowest BCUT2D eigenvalue weighted by Gasteiger charge is -2.15. The Balaban J connectivity index is 0.000000202. The van der Waals surface area contributed by atoms with Crippen molar-refractivity contribution in [1.29, 1.82) is 5.26 Å². The molecule has 2 aromatic rings. The van der Waals surface area contributed by atoms with E-state index in [1.54, 1.807) is 0 Å². The summed E-state index contributed by atoms with van der Waals surface area (Å²) in [7, 11) is 0. The molecule has 8 heteroatoms. The first kappa shape index (κ1) is 26.0. The second kappa shape index (κ2) is 12.7. The lowest BCUT2D eigenvalue weighted by Crippen LogP contribution is -2.36. The number of amides is 2. The number of likely N-dealkylation sites (tertiary alicyclic amines) is 1. The smallest absolute Gasteiger partial charge is 0.319 e. The lowest BCUT2D eigenvalue weighted by atomic mass is 9.89. The van der Waals surface area contributed by atoms with Crippen LogP contribution in [0.3, 0.4) is 0 Å². The zero-order valence-electron chi connectivity index (χ0n) is 19.4. The van der Waals surface area contributed by atoms with Crippen LogP contribution >= 0.6 is 11.6 Å². The monoisotopic (exact) mass is 486 g/mol. The highest BCUT2D eigenvalue weighted by Crippen LogP contribution is 2.39. The molecule has 2 unspecified atom stereocenters. The molecule has 2 aliphatic rings. The Hall–Kier alpha value is -2.66. The van der Waals surface area contributed by atoms with Crippen LogP contribution in [0.2, 0.25) is 5.02 Å². The standard InChI is InChI=1S/C13H17ClFN3O2.C13H15N/c14-11-7-9(1-2-12(11)15)17-13(20)16-4-6-18-5-3-10(19)8-18;1-10-4-2-7-13(10)12-6-3-5-11(8-12)9-14/h1-2,7,10,19H,3-6,8H2,(H2,16,17,20);3,5-6,8,10,13H,2,4,7H2,1H3/t;10-,13?/m.0/s1. The summed E-state index contributed by atoms with van der Waals surface area (Å²) in [5.41, 5.74) is 2.58. The molecule has 1 aliphatic carbocycles. The van der Waals surface area contributed by atoms with Gasteiger partial charge in [0.1, 0.15) is 5.82 Å². The van der Waals surface area contributed by atoms with Crippen molar-refractivity contribution in [3.05, 3.63) is 64.4 Å². The van der Waals surface area contributed by atoms with Crippen LogP contribution in [0.15, 0.2) is 42.5 Å². The van der Waals surface area contributed by atoms with Crippen molar-refractivity contribution in [2.45, 2.75) is 44.6 Å². The molecule has 2 aromatic carbocycles. The normalized spacial score (nSPS) is 21.9. The molecule has 0 bridgehead atoms. The number of aliphatic hydroxyl groups is 1. The number of halogens is 2. The number of nitrogens with one attached hydrogen (secondary N) is 2. The minimum Gasteiger partial charge on any atom is -0.392 e. The Morgan fingerprint density at radius 2 is 2.09 bits per heavy atom. The minimum absolute atomic E-state index is 0.0335. The number of hydrogen-bond donors (Lipinski definition) is 3. The number of β-amino-alcohol motifs (C(OH)–C–C–N with tert-alkyl or cyclic N) is 1. The first-order valence-electron chi connectivity index (χ1n) is 11.8. The van der Waals surface area contributed by atoms with E-state index in [4.69, 9.17) is 16.9 Å². The number of carbonyl (C=O) groups excluding carboxylic acids is 1. The molecule has 2 fully saturated rings. The molecule has 1 saturated heterocycles. The maximum Gasteiger partial charge on any atom is 0.319 e. The number of benzene rings is 2. The van der Waals surface area contributed by atoms with E-state index < -0.39 is 5.82 Å². The average molecular weight is 487 g/mol. The third-order valence-electron chi connectivity index (χ3n) is 6.44. The Morgan fingerprint density at radius 3 is 2.74 bits per heavy atom. The second-order valence-electron chi connectivity index (χ2n) is 9.00. The van der Waals surface area contributed by atoms with Crippen molar-refractivity contribution in [1.82, 2.24) is 10.2 Å². The van der Waals surface area contributed by atoms with Crippen LogP contribution in [0, 0.1) is 23.1 Å². The molecule has 4 rings (SSSR count). The van der Waals surface area contributed by atoms with Gasteiger partial charge in [-0.25, -0.2) is 9.18 Å². The van der Waals surface area contributed by atoms with Gasteiger partial charge in [-0.15, -0.1) is 0 Å². The summed E-state index contributed by atoms with van der Waals surface area (Å²) in [4.78, 5) is 13.7. The fourth-order valence-corrected chi connectivity index (χ4v) is 4.75. The molecule has 1 aliphatic heterocycles. The van der Waals surface area contributed by atoms with Gasteiger partial charge in [0.15, 0.2) is 0 Å². The van der Waals surface area contributed by atoms with E-state index >= 15 is 0 Å². The van der Waals surface area contributed by atoms with Gasteiger partial charge in [-0.1, -0.05) is 43.5 Å². The first-order chi connectivity index (χ1) is 16.4. The molecular weight excluding hydrogens is 455 g/mol. The Bertz CT molecular complexity index is 1010. The molecular formula is C26H32ClFN4O2. The number of aliphatic hydroxyl groups excluding tert-OH is 1. The Morgan fingerprint density at radius 1 is 1.26 bits per heavy atom. The maximum absolute atomic E-state index is 13.0. The predicted molar refractivity (Wildman–Crippen MR) is 132 cm³/mol. The zero-order valence-corrected chi connectivity index (χ0v) is 20.2. The van der Waals surface area contributed by atoms with Gasteiger partial charge >= 0.3 is 6.03 Å². The molecule has 0 aromatic heterocycles. The number of nitriles is 1. The van der Waals surface area contributed by atoms with Gasteiger partial charge in [0, 0.05) is 31.9 Å². The number of carbonyl (C=O) groups is 1. The molecule has 0 radical (unpaired) electrons. The fraction of sp³-hybridized carbons (Fsp3) is 0.462. The lowest BCUT2D eigenvalue weighted by molar-refractivity contribution is 0.176. The topological polar surface area (TPSA) is 88.4 Å². The van der Waals surface area contributed by atoms with Crippen LogP contribution in [-0.2, 0) is 0 Å². The highest BCUT2D eigenvalue weighted by molar-refractivity contribution is 6.31. The second-order valence-corrected chi connectivity index (χ2v) is 9.41. The molecule has 1 heterocycles. The van der Waals surface area contributed by atoms with E-state index in [2.05, 4.69) is 34.6 Å². The van der Waals surface area contributed by atoms with E-state index in [9.17, 15) is 14.3 Å². The molecule has 1 saturated carbocycles. The van der Waals surface area contributed by atoms with Crippen molar-refractivity contribution in [2.24, 2.45) is 5.92 Å². The van der Waals surface area contributed by atoms with Gasteiger partial charge in [0.2, 0.25) is 0 Å². The van der Waals surface area contributed by atoms with Gasteiger partial charge in [0.05, 0.1) is 22.8 Å². The fourth-order valence-electron chi connectivity index (χ4n) is 4.57. The summed E-state index contributed by atoms with van der Waals surface area (Å²) in [5.74, 6) is 0.942. The van der Waals surface area contributed by atoms with E-state index in [-0.39, 0.29) is 17.2 Å². The highest BCUT2D eigenvalue weighted by Gasteiger charge is 2.24. The highest BCUT2D eigenvalue weighted by atomic mass is 35.5. The molecule has 0 spiro atoms. The van der Waals surface area contributed by atoms with Crippen LogP contribution in [0.5, 0.6) is 0 Å². The summed E-state index contributed by atoms with van der Waals surface area (Å²) in [6.07, 6.45) is 4.48. The summed E-state index contributed by atoms with van der Waals surface area (Å²) < 4.78 is 13.0. The molecule has 6 nitrogen and oxygen atoms in total. The van der Waals surface area contributed by atoms with E-state index in [0.717, 1.165) is 24.4 Å².